The monoisotopic (exact) mass is 468 g/mol. The summed E-state index contributed by atoms with van der Waals surface area (Å²) in [6.07, 6.45) is 9.07. The van der Waals surface area contributed by atoms with Gasteiger partial charge in [-0.25, -0.2) is 0 Å². The number of anilines is 1. The van der Waals surface area contributed by atoms with Crippen LogP contribution in [0.4, 0.5) is 5.69 Å². The van der Waals surface area contributed by atoms with Crippen molar-refractivity contribution in [1.29, 1.82) is 10.8 Å². The van der Waals surface area contributed by atoms with E-state index in [0.717, 1.165) is 29.7 Å². The third-order valence-electron chi connectivity index (χ3n) is 6.49. The smallest absolute Gasteiger partial charge is 0.274 e. The quantitative estimate of drug-likeness (QED) is 0.246. The zero-order valence-electron chi connectivity index (χ0n) is 20.3. The van der Waals surface area contributed by atoms with E-state index < -0.39 is 0 Å². The highest BCUT2D eigenvalue weighted by atomic mass is 16.1. The Balaban J connectivity index is 1.44. The third-order valence-corrected chi connectivity index (χ3v) is 6.49. The molecule has 0 spiro atoms. The summed E-state index contributed by atoms with van der Waals surface area (Å²) in [7, 11) is 0. The SMILES string of the molecule is CCC(CC)N(C=N)CC(=N)c1cccc(NC(=O)c2cc(-c3ccc(C4CC4)nc3)ccn2)c1. The van der Waals surface area contributed by atoms with E-state index in [1.54, 1.807) is 24.4 Å². The van der Waals surface area contributed by atoms with Gasteiger partial charge in [-0.1, -0.05) is 32.0 Å². The van der Waals surface area contributed by atoms with Crippen molar-refractivity contribution in [1.82, 2.24) is 14.9 Å². The van der Waals surface area contributed by atoms with Gasteiger partial charge in [-0.15, -0.1) is 0 Å². The molecule has 0 bridgehead atoms. The van der Waals surface area contributed by atoms with Crippen molar-refractivity contribution in [2.45, 2.75) is 51.5 Å². The normalized spacial score (nSPS) is 12.9. The van der Waals surface area contributed by atoms with E-state index in [-0.39, 0.29) is 11.9 Å². The van der Waals surface area contributed by atoms with Gasteiger partial charge in [-0.3, -0.25) is 20.2 Å². The number of pyridine rings is 2. The van der Waals surface area contributed by atoms with Gasteiger partial charge in [0.15, 0.2) is 0 Å². The molecule has 2 aromatic heterocycles. The van der Waals surface area contributed by atoms with Crippen molar-refractivity contribution in [3.05, 3.63) is 77.9 Å². The molecular formula is C28H32N6O. The van der Waals surface area contributed by atoms with Crippen LogP contribution in [0, 0.1) is 10.8 Å². The Morgan fingerprint density at radius 2 is 1.91 bits per heavy atom. The van der Waals surface area contributed by atoms with Gasteiger partial charge in [0.2, 0.25) is 0 Å². The van der Waals surface area contributed by atoms with E-state index in [1.807, 2.05) is 35.4 Å². The number of nitrogens with zero attached hydrogens (tertiary/aromatic N) is 3. The minimum atomic E-state index is -0.309. The minimum Gasteiger partial charge on any atom is -0.354 e. The molecule has 3 aromatic rings. The van der Waals surface area contributed by atoms with Crippen LogP contribution in [0.15, 0.2) is 60.9 Å². The topological polar surface area (TPSA) is 106 Å². The molecule has 35 heavy (non-hydrogen) atoms. The van der Waals surface area contributed by atoms with Crippen molar-refractivity contribution < 1.29 is 4.79 Å². The molecule has 3 N–H and O–H groups in total. The van der Waals surface area contributed by atoms with Gasteiger partial charge in [-0.2, -0.15) is 0 Å². The maximum absolute atomic E-state index is 12.9. The van der Waals surface area contributed by atoms with E-state index in [2.05, 4.69) is 35.2 Å². The van der Waals surface area contributed by atoms with Crippen LogP contribution in [0.1, 0.15) is 67.2 Å². The summed E-state index contributed by atoms with van der Waals surface area (Å²) in [5, 5.41) is 19.2. The first-order chi connectivity index (χ1) is 17.0. The van der Waals surface area contributed by atoms with Crippen LogP contribution in [0.2, 0.25) is 0 Å². The fourth-order valence-electron chi connectivity index (χ4n) is 4.22. The van der Waals surface area contributed by atoms with E-state index in [4.69, 9.17) is 10.8 Å². The number of aromatic nitrogens is 2. The average Bonchev–Trinajstić information content (AvgIpc) is 3.74. The lowest BCUT2D eigenvalue weighted by Crippen LogP contribution is -2.37. The Bertz CT molecular complexity index is 1200. The lowest BCUT2D eigenvalue weighted by Gasteiger charge is -2.28. The lowest BCUT2D eigenvalue weighted by atomic mass is 10.1. The predicted molar refractivity (Wildman–Crippen MR) is 141 cm³/mol. The molecule has 0 aliphatic heterocycles. The van der Waals surface area contributed by atoms with Crippen LogP contribution < -0.4 is 5.32 Å². The summed E-state index contributed by atoms with van der Waals surface area (Å²) in [5.74, 6) is 0.296. The molecule has 1 aromatic carbocycles. The predicted octanol–water partition coefficient (Wildman–Crippen LogP) is 5.74. The van der Waals surface area contributed by atoms with Gasteiger partial charge in [0, 0.05) is 41.3 Å². The molecule has 180 valence electrons. The first kappa shape index (κ1) is 24.3. The number of nitrogens with one attached hydrogen (secondary N) is 3. The van der Waals surface area contributed by atoms with Crippen LogP contribution in [0.5, 0.6) is 0 Å². The number of hydrogen-bond acceptors (Lipinski definition) is 5. The second kappa shape index (κ2) is 11.0. The van der Waals surface area contributed by atoms with Crippen molar-refractivity contribution in [3.63, 3.8) is 0 Å². The van der Waals surface area contributed by atoms with Crippen LogP contribution in [0.25, 0.3) is 11.1 Å². The maximum atomic E-state index is 12.9. The van der Waals surface area contributed by atoms with Crippen molar-refractivity contribution >= 4 is 23.6 Å². The number of benzene rings is 1. The molecule has 1 saturated carbocycles. The summed E-state index contributed by atoms with van der Waals surface area (Å²) >= 11 is 0. The van der Waals surface area contributed by atoms with Gasteiger partial charge in [-0.05, 0) is 67.1 Å². The number of carbonyl (C=O) groups is 1. The highest BCUT2D eigenvalue weighted by Crippen LogP contribution is 2.39. The van der Waals surface area contributed by atoms with Gasteiger partial charge >= 0.3 is 0 Å². The number of amides is 1. The van der Waals surface area contributed by atoms with Gasteiger partial charge in [0.1, 0.15) is 5.69 Å². The maximum Gasteiger partial charge on any atom is 0.274 e. The first-order valence-corrected chi connectivity index (χ1v) is 12.2. The molecule has 7 nitrogen and oxygen atoms in total. The Labute approximate surface area is 206 Å². The van der Waals surface area contributed by atoms with Gasteiger partial charge < -0.3 is 15.6 Å². The molecule has 1 aliphatic rings. The van der Waals surface area contributed by atoms with E-state index >= 15 is 0 Å². The second-order valence-corrected chi connectivity index (χ2v) is 8.96. The molecule has 1 fully saturated rings. The summed E-state index contributed by atoms with van der Waals surface area (Å²) in [4.78, 5) is 23.7. The van der Waals surface area contributed by atoms with Crippen LogP contribution in [0.3, 0.4) is 0 Å². The van der Waals surface area contributed by atoms with Crippen LogP contribution in [-0.2, 0) is 0 Å². The molecule has 0 unspecified atom stereocenters. The summed E-state index contributed by atoms with van der Waals surface area (Å²) < 4.78 is 0. The highest BCUT2D eigenvalue weighted by molar-refractivity contribution is 6.05. The molecular weight excluding hydrogens is 436 g/mol. The van der Waals surface area contributed by atoms with Gasteiger partial charge in [0.05, 0.1) is 18.6 Å². The lowest BCUT2D eigenvalue weighted by molar-refractivity contribution is 0.102. The van der Waals surface area contributed by atoms with Crippen molar-refractivity contribution in [2.75, 3.05) is 11.9 Å². The van der Waals surface area contributed by atoms with Crippen LogP contribution in [-0.4, -0.2) is 45.4 Å². The largest absolute Gasteiger partial charge is 0.354 e. The number of carbonyl (C=O) groups excluding carboxylic acids is 1. The van der Waals surface area contributed by atoms with E-state index in [9.17, 15) is 4.79 Å². The van der Waals surface area contributed by atoms with E-state index in [0.29, 0.717) is 35.1 Å². The molecule has 1 aliphatic carbocycles. The Morgan fingerprint density at radius 3 is 2.57 bits per heavy atom. The van der Waals surface area contributed by atoms with Gasteiger partial charge in [0.25, 0.3) is 5.91 Å². The zero-order valence-corrected chi connectivity index (χ0v) is 20.3. The summed E-state index contributed by atoms with van der Waals surface area (Å²) in [6.45, 7) is 4.53. The van der Waals surface area contributed by atoms with Crippen molar-refractivity contribution in [2.24, 2.45) is 0 Å². The third kappa shape index (κ3) is 5.98. The Hall–Kier alpha value is -3.87. The molecule has 1 amide bonds. The minimum absolute atomic E-state index is 0.231. The summed E-state index contributed by atoms with van der Waals surface area (Å²) in [5.41, 5.74) is 5.01. The standard InChI is InChI=1S/C28H32N6O/c1-3-24(4-2)34(18-29)17-25(30)21-6-5-7-23(14-21)33-28(35)27-15-20(12-13-31-27)22-10-11-26(32-16-22)19-8-9-19/h5-7,10-16,18-19,24,29-30H,3-4,8-9,17H2,1-2H3,(H,33,35). The fourth-order valence-corrected chi connectivity index (χ4v) is 4.22. The fraction of sp³-hybridized carbons (Fsp3) is 0.321. The average molecular weight is 469 g/mol. The molecule has 0 atom stereocenters. The molecule has 2 heterocycles. The first-order valence-electron chi connectivity index (χ1n) is 12.2. The molecule has 7 heteroatoms. The highest BCUT2D eigenvalue weighted by Gasteiger charge is 2.24. The van der Waals surface area contributed by atoms with Crippen molar-refractivity contribution in [3.8, 4) is 11.1 Å². The van der Waals surface area contributed by atoms with E-state index in [1.165, 1.54) is 19.2 Å². The number of rotatable bonds is 11. The molecule has 0 radical (unpaired) electrons. The zero-order chi connectivity index (χ0) is 24.8. The Kier molecular flexibility index (Phi) is 7.65. The molecule has 4 rings (SSSR count). The second-order valence-electron chi connectivity index (χ2n) is 8.96. The van der Waals surface area contributed by atoms with Crippen LogP contribution >= 0.6 is 0 Å². The molecule has 0 saturated heterocycles. The number of hydrogen-bond donors (Lipinski definition) is 3. The Morgan fingerprint density at radius 1 is 1.11 bits per heavy atom. The summed E-state index contributed by atoms with van der Waals surface area (Å²) in [6, 6.07) is 15.3.